The molecule has 2 unspecified atom stereocenters. The number of carboxylic acid groups (broad SMARTS) is 1. The Morgan fingerprint density at radius 1 is 1.62 bits per heavy atom. The molecule has 1 rings (SSSR count). The van der Waals surface area contributed by atoms with Gasteiger partial charge in [0.05, 0.1) is 5.92 Å². The van der Waals surface area contributed by atoms with Crippen LogP contribution in [0.25, 0.3) is 0 Å². The third-order valence-corrected chi connectivity index (χ3v) is 2.68. The van der Waals surface area contributed by atoms with Gasteiger partial charge in [-0.1, -0.05) is 6.92 Å². The van der Waals surface area contributed by atoms with Gasteiger partial charge >= 0.3 is 5.97 Å². The zero-order valence-corrected chi connectivity index (χ0v) is 7.75. The van der Waals surface area contributed by atoms with Gasteiger partial charge < -0.3 is 10.4 Å². The van der Waals surface area contributed by atoms with Crippen molar-refractivity contribution in [3.8, 4) is 0 Å². The second-order valence-electron chi connectivity index (χ2n) is 3.56. The van der Waals surface area contributed by atoms with Gasteiger partial charge in [0, 0.05) is 13.0 Å². The molecule has 0 spiro atoms. The molecular weight excluding hydrogens is 170 g/mol. The summed E-state index contributed by atoms with van der Waals surface area (Å²) in [5.41, 5.74) is 0. The number of hydrogen-bond donors (Lipinski definition) is 2. The van der Waals surface area contributed by atoms with Gasteiger partial charge in [-0.25, -0.2) is 0 Å². The van der Waals surface area contributed by atoms with Crippen LogP contribution < -0.4 is 5.32 Å². The number of carbonyl (C=O) groups is 2. The highest BCUT2D eigenvalue weighted by molar-refractivity contribution is 5.76. The summed E-state index contributed by atoms with van der Waals surface area (Å²) in [6, 6.07) is 0. The highest BCUT2D eigenvalue weighted by Gasteiger charge is 2.25. The van der Waals surface area contributed by atoms with Crippen molar-refractivity contribution in [3.63, 3.8) is 0 Å². The maximum absolute atomic E-state index is 11.0. The molecule has 1 amide bonds. The smallest absolute Gasteiger partial charge is 0.306 e. The van der Waals surface area contributed by atoms with Crippen LogP contribution in [0.4, 0.5) is 0 Å². The van der Waals surface area contributed by atoms with Crippen LogP contribution in [0, 0.1) is 11.8 Å². The van der Waals surface area contributed by atoms with Crippen LogP contribution in [0.2, 0.25) is 0 Å². The Kier molecular flexibility index (Phi) is 3.28. The minimum atomic E-state index is -0.764. The molecule has 0 aliphatic carbocycles. The summed E-state index contributed by atoms with van der Waals surface area (Å²) in [5.74, 6) is -0.927. The van der Waals surface area contributed by atoms with E-state index in [2.05, 4.69) is 5.32 Å². The topological polar surface area (TPSA) is 66.4 Å². The lowest BCUT2D eigenvalue weighted by Crippen LogP contribution is -2.23. The Morgan fingerprint density at radius 2 is 2.31 bits per heavy atom. The average molecular weight is 185 g/mol. The number of carboxylic acids is 1. The van der Waals surface area contributed by atoms with Crippen LogP contribution >= 0.6 is 0 Å². The summed E-state index contributed by atoms with van der Waals surface area (Å²) in [5, 5.41) is 11.5. The maximum Gasteiger partial charge on any atom is 0.306 e. The summed E-state index contributed by atoms with van der Waals surface area (Å²) in [4.78, 5) is 21.6. The molecule has 2 N–H and O–H groups in total. The first-order valence-electron chi connectivity index (χ1n) is 4.60. The molecule has 0 saturated carbocycles. The first-order valence-corrected chi connectivity index (χ1v) is 4.60. The zero-order valence-electron chi connectivity index (χ0n) is 7.75. The van der Waals surface area contributed by atoms with E-state index in [1.165, 1.54) is 0 Å². The molecular formula is C9H15NO3. The molecule has 4 heteroatoms. The number of amides is 1. The Labute approximate surface area is 77.3 Å². The fourth-order valence-corrected chi connectivity index (χ4v) is 1.65. The van der Waals surface area contributed by atoms with Gasteiger partial charge in [0.25, 0.3) is 0 Å². The minimum absolute atomic E-state index is 0.0417. The zero-order chi connectivity index (χ0) is 9.84. The summed E-state index contributed by atoms with van der Waals surface area (Å²) in [6.45, 7) is 2.32. The largest absolute Gasteiger partial charge is 0.481 e. The molecule has 1 heterocycles. The van der Waals surface area contributed by atoms with Gasteiger partial charge in [0.2, 0.25) is 5.91 Å². The highest BCUT2D eigenvalue weighted by Crippen LogP contribution is 2.22. The average Bonchev–Trinajstić information content (AvgIpc) is 2.28. The third kappa shape index (κ3) is 2.72. The van der Waals surface area contributed by atoms with Crippen LogP contribution in [-0.4, -0.2) is 23.5 Å². The first kappa shape index (κ1) is 10.0. The predicted octanol–water partition coefficient (Wildman–Crippen LogP) is 0.623. The molecule has 2 atom stereocenters. The van der Waals surface area contributed by atoms with Gasteiger partial charge in [0.1, 0.15) is 0 Å². The van der Waals surface area contributed by atoms with Gasteiger partial charge in [-0.05, 0) is 18.8 Å². The summed E-state index contributed by atoms with van der Waals surface area (Å²) in [6.07, 6.45) is 1.93. The quantitative estimate of drug-likeness (QED) is 0.662. The van der Waals surface area contributed by atoms with E-state index in [9.17, 15) is 9.59 Å². The van der Waals surface area contributed by atoms with Crippen molar-refractivity contribution in [1.29, 1.82) is 0 Å². The van der Waals surface area contributed by atoms with Crippen LogP contribution in [0.3, 0.4) is 0 Å². The molecule has 0 radical (unpaired) electrons. The third-order valence-electron chi connectivity index (χ3n) is 2.68. The van der Waals surface area contributed by atoms with E-state index in [0.29, 0.717) is 19.4 Å². The van der Waals surface area contributed by atoms with Crippen molar-refractivity contribution in [1.82, 2.24) is 5.32 Å². The van der Waals surface area contributed by atoms with Gasteiger partial charge in [-0.3, -0.25) is 9.59 Å². The number of carbonyl (C=O) groups excluding carboxylic acids is 1. The summed E-state index contributed by atoms with van der Waals surface area (Å²) in [7, 11) is 0. The fourth-order valence-electron chi connectivity index (χ4n) is 1.65. The molecule has 1 aliphatic rings. The van der Waals surface area contributed by atoms with E-state index in [4.69, 9.17) is 5.11 Å². The van der Waals surface area contributed by atoms with Crippen molar-refractivity contribution in [2.75, 3.05) is 6.54 Å². The van der Waals surface area contributed by atoms with E-state index in [1.54, 1.807) is 6.92 Å². The molecule has 0 bridgehead atoms. The highest BCUT2D eigenvalue weighted by atomic mass is 16.4. The van der Waals surface area contributed by atoms with Crippen molar-refractivity contribution in [2.45, 2.75) is 26.2 Å². The molecule has 1 saturated heterocycles. The van der Waals surface area contributed by atoms with E-state index in [1.807, 2.05) is 0 Å². The second kappa shape index (κ2) is 4.25. The van der Waals surface area contributed by atoms with E-state index in [-0.39, 0.29) is 17.7 Å². The lowest BCUT2D eigenvalue weighted by molar-refractivity contribution is -0.143. The van der Waals surface area contributed by atoms with Gasteiger partial charge in [-0.15, -0.1) is 0 Å². The van der Waals surface area contributed by atoms with E-state index < -0.39 is 5.97 Å². The van der Waals surface area contributed by atoms with Crippen molar-refractivity contribution in [3.05, 3.63) is 0 Å². The normalized spacial score (nSPS) is 25.9. The second-order valence-corrected chi connectivity index (χ2v) is 3.56. The Bertz CT molecular complexity index is 215. The Hall–Kier alpha value is -1.06. The molecule has 74 valence electrons. The molecule has 4 nitrogen and oxygen atoms in total. The fraction of sp³-hybridized carbons (Fsp3) is 0.778. The monoisotopic (exact) mass is 185 g/mol. The summed E-state index contributed by atoms with van der Waals surface area (Å²) < 4.78 is 0. The SMILES string of the molecule is CC(C(=O)O)C1CCNC(=O)CC1. The first-order chi connectivity index (χ1) is 6.11. The number of hydrogen-bond acceptors (Lipinski definition) is 2. The molecule has 0 aromatic carbocycles. The predicted molar refractivity (Wildman–Crippen MR) is 47.2 cm³/mol. The number of aliphatic carboxylic acids is 1. The van der Waals surface area contributed by atoms with Crippen LogP contribution in [0.5, 0.6) is 0 Å². The molecule has 1 fully saturated rings. The Balaban J connectivity index is 2.50. The lowest BCUT2D eigenvalue weighted by atomic mass is 9.88. The molecule has 1 aliphatic heterocycles. The van der Waals surface area contributed by atoms with Crippen LogP contribution in [0.1, 0.15) is 26.2 Å². The van der Waals surface area contributed by atoms with Crippen molar-refractivity contribution in [2.24, 2.45) is 11.8 Å². The number of rotatable bonds is 2. The number of nitrogens with one attached hydrogen (secondary N) is 1. The molecule has 13 heavy (non-hydrogen) atoms. The van der Waals surface area contributed by atoms with E-state index >= 15 is 0 Å². The standard InChI is InChI=1S/C9H15NO3/c1-6(9(12)13)7-2-3-8(11)10-5-4-7/h6-7H,2-5H2,1H3,(H,10,11)(H,12,13). The van der Waals surface area contributed by atoms with Gasteiger partial charge in [-0.2, -0.15) is 0 Å². The Morgan fingerprint density at radius 3 is 2.92 bits per heavy atom. The lowest BCUT2D eigenvalue weighted by Gasteiger charge is -2.17. The van der Waals surface area contributed by atoms with Crippen molar-refractivity contribution < 1.29 is 14.7 Å². The minimum Gasteiger partial charge on any atom is -0.481 e. The van der Waals surface area contributed by atoms with Crippen LogP contribution in [-0.2, 0) is 9.59 Å². The van der Waals surface area contributed by atoms with Crippen LogP contribution in [0.15, 0.2) is 0 Å². The summed E-state index contributed by atoms with van der Waals surface area (Å²) >= 11 is 0. The van der Waals surface area contributed by atoms with E-state index in [0.717, 1.165) is 6.42 Å². The maximum atomic E-state index is 11.0. The van der Waals surface area contributed by atoms with Gasteiger partial charge in [0.15, 0.2) is 0 Å². The van der Waals surface area contributed by atoms with Crippen molar-refractivity contribution >= 4 is 11.9 Å². The molecule has 0 aromatic rings. The molecule has 0 aromatic heterocycles.